The maximum Gasteiger partial charge on any atom is 0.326 e. The summed E-state index contributed by atoms with van der Waals surface area (Å²) in [5.74, 6) is -0.901. The summed E-state index contributed by atoms with van der Waals surface area (Å²) in [6.07, 6.45) is 3.70. The Kier molecular flexibility index (Phi) is 3.44. The van der Waals surface area contributed by atoms with Gasteiger partial charge in [-0.15, -0.1) is 0 Å². The van der Waals surface area contributed by atoms with Crippen molar-refractivity contribution in [3.8, 4) is 0 Å². The second-order valence-electron chi connectivity index (χ2n) is 6.90. The first-order valence-corrected chi connectivity index (χ1v) is 7.52. The first-order chi connectivity index (χ1) is 10.3. The summed E-state index contributed by atoms with van der Waals surface area (Å²) in [7, 11) is 0. The molecule has 0 spiro atoms. The van der Waals surface area contributed by atoms with Crippen LogP contribution in [-0.2, 0) is 16.0 Å². The molecule has 1 aliphatic heterocycles. The van der Waals surface area contributed by atoms with E-state index in [1.165, 1.54) is 4.90 Å². The molecule has 6 nitrogen and oxygen atoms in total. The average Bonchev–Trinajstić information content (AvgIpc) is 2.86. The maximum absolute atomic E-state index is 12.6. The van der Waals surface area contributed by atoms with Crippen LogP contribution in [0.2, 0.25) is 0 Å². The zero-order valence-corrected chi connectivity index (χ0v) is 12.8. The highest BCUT2D eigenvalue weighted by atomic mass is 16.4. The second kappa shape index (κ2) is 5.05. The van der Waals surface area contributed by atoms with Crippen LogP contribution in [-0.4, -0.2) is 45.5 Å². The van der Waals surface area contributed by atoms with Crippen molar-refractivity contribution >= 4 is 11.9 Å². The molecule has 0 radical (unpaired) electrons. The van der Waals surface area contributed by atoms with Crippen molar-refractivity contribution in [1.29, 1.82) is 0 Å². The van der Waals surface area contributed by atoms with E-state index in [9.17, 15) is 14.7 Å². The summed E-state index contributed by atoms with van der Waals surface area (Å²) >= 11 is 0. The number of amides is 1. The van der Waals surface area contributed by atoms with Crippen LogP contribution in [0, 0.1) is 17.3 Å². The van der Waals surface area contributed by atoms with Crippen molar-refractivity contribution in [1.82, 2.24) is 9.88 Å². The normalized spacial score (nSPS) is 29.8. The predicted octanol–water partition coefficient (Wildman–Crippen LogP) is 0.519. The lowest BCUT2D eigenvalue weighted by atomic mass is 9.99. The van der Waals surface area contributed by atoms with Crippen LogP contribution in [0.15, 0.2) is 24.5 Å². The highest BCUT2D eigenvalue weighted by Gasteiger charge is 2.69. The Bertz CT molecular complexity index is 602. The Balaban J connectivity index is 1.71. The molecule has 4 atom stereocenters. The van der Waals surface area contributed by atoms with Gasteiger partial charge in [0.1, 0.15) is 6.04 Å². The molecule has 2 fully saturated rings. The largest absolute Gasteiger partial charge is 0.480 e. The van der Waals surface area contributed by atoms with Crippen LogP contribution in [0.3, 0.4) is 0 Å². The van der Waals surface area contributed by atoms with E-state index in [2.05, 4.69) is 18.8 Å². The Morgan fingerprint density at radius 3 is 2.86 bits per heavy atom. The number of carbonyl (C=O) groups is 2. The van der Waals surface area contributed by atoms with Crippen LogP contribution in [0.25, 0.3) is 0 Å². The molecule has 2 aliphatic rings. The second-order valence-corrected chi connectivity index (χ2v) is 6.90. The Morgan fingerprint density at radius 1 is 1.55 bits per heavy atom. The molecule has 1 amide bonds. The topological polar surface area (TPSA) is 96.5 Å². The fourth-order valence-electron chi connectivity index (χ4n) is 3.87. The van der Waals surface area contributed by atoms with Crippen molar-refractivity contribution in [3.05, 3.63) is 30.1 Å². The molecular weight excluding hydrogens is 282 g/mol. The summed E-state index contributed by atoms with van der Waals surface area (Å²) < 4.78 is 0. The third-order valence-corrected chi connectivity index (χ3v) is 5.24. The van der Waals surface area contributed by atoms with E-state index in [0.29, 0.717) is 13.0 Å². The van der Waals surface area contributed by atoms with Gasteiger partial charge in [0.25, 0.3) is 0 Å². The first kappa shape index (κ1) is 15.0. The predicted molar refractivity (Wildman–Crippen MR) is 79.8 cm³/mol. The van der Waals surface area contributed by atoms with E-state index in [4.69, 9.17) is 5.73 Å². The number of aromatic nitrogens is 1. The SMILES string of the molecule is CC1(C)[C@@H]2[C@@H](C(=O)O)N(C(=O)C(N)Cc3cccnc3)C[C@@H]21. The Morgan fingerprint density at radius 2 is 2.27 bits per heavy atom. The number of fused-ring (bicyclic) bond motifs is 1. The lowest BCUT2D eigenvalue weighted by Gasteiger charge is -2.30. The number of nitrogens with two attached hydrogens (primary N) is 1. The minimum Gasteiger partial charge on any atom is -0.480 e. The van der Waals surface area contributed by atoms with Crippen molar-refractivity contribution in [2.24, 2.45) is 23.0 Å². The number of aliphatic carboxylic acids is 1. The van der Waals surface area contributed by atoms with Crippen LogP contribution in [0.5, 0.6) is 0 Å². The fourth-order valence-corrected chi connectivity index (χ4v) is 3.87. The number of pyridine rings is 1. The molecule has 22 heavy (non-hydrogen) atoms. The van der Waals surface area contributed by atoms with Crippen LogP contribution < -0.4 is 5.73 Å². The van der Waals surface area contributed by atoms with Gasteiger partial charge in [-0.3, -0.25) is 9.78 Å². The highest BCUT2D eigenvalue weighted by molar-refractivity contribution is 5.88. The molecule has 3 N–H and O–H groups in total. The molecule has 1 aliphatic carbocycles. The standard InChI is InChI=1S/C16H21N3O3/c1-16(2)10-8-19(13(12(10)16)15(21)22)14(20)11(17)6-9-4-3-5-18-7-9/h3-5,7,10-13H,6,8,17H2,1-2H3,(H,21,22)/t10-,11?,12-,13-/m0/s1. The molecule has 1 saturated heterocycles. The van der Waals surface area contributed by atoms with Gasteiger partial charge in [-0.2, -0.15) is 0 Å². The Labute approximate surface area is 129 Å². The smallest absolute Gasteiger partial charge is 0.326 e. The zero-order chi connectivity index (χ0) is 16.1. The summed E-state index contributed by atoms with van der Waals surface area (Å²) in [4.78, 5) is 29.6. The molecule has 118 valence electrons. The quantitative estimate of drug-likeness (QED) is 0.845. The minimum absolute atomic E-state index is 0.00722. The third-order valence-electron chi connectivity index (χ3n) is 5.24. The number of rotatable bonds is 4. The molecule has 0 bridgehead atoms. The summed E-state index contributed by atoms with van der Waals surface area (Å²) in [6.45, 7) is 4.62. The number of piperidine rings is 1. The van der Waals surface area contributed by atoms with E-state index < -0.39 is 18.1 Å². The van der Waals surface area contributed by atoms with E-state index in [1.54, 1.807) is 18.5 Å². The van der Waals surface area contributed by atoms with Gasteiger partial charge in [-0.25, -0.2) is 4.79 Å². The minimum atomic E-state index is -0.931. The zero-order valence-electron chi connectivity index (χ0n) is 12.8. The number of hydrogen-bond acceptors (Lipinski definition) is 4. The van der Waals surface area contributed by atoms with E-state index >= 15 is 0 Å². The van der Waals surface area contributed by atoms with Crippen LogP contribution in [0.1, 0.15) is 19.4 Å². The monoisotopic (exact) mass is 303 g/mol. The van der Waals surface area contributed by atoms with Gasteiger partial charge in [0.15, 0.2) is 0 Å². The number of carboxylic acid groups (broad SMARTS) is 1. The van der Waals surface area contributed by atoms with Crippen molar-refractivity contribution < 1.29 is 14.7 Å². The summed E-state index contributed by atoms with van der Waals surface area (Å²) in [5.41, 5.74) is 6.89. The molecule has 3 rings (SSSR count). The number of hydrogen-bond donors (Lipinski definition) is 2. The molecular formula is C16H21N3O3. The van der Waals surface area contributed by atoms with Gasteiger partial charge in [0, 0.05) is 24.9 Å². The molecule has 1 aromatic heterocycles. The number of carbonyl (C=O) groups excluding carboxylic acids is 1. The summed E-state index contributed by atoms with van der Waals surface area (Å²) in [6, 6.07) is 2.18. The van der Waals surface area contributed by atoms with Gasteiger partial charge < -0.3 is 15.7 Å². The number of carboxylic acids is 1. The van der Waals surface area contributed by atoms with E-state index in [-0.39, 0.29) is 23.2 Å². The average molecular weight is 303 g/mol. The lowest BCUT2D eigenvalue weighted by molar-refractivity contribution is -0.150. The van der Waals surface area contributed by atoms with Crippen molar-refractivity contribution in [3.63, 3.8) is 0 Å². The van der Waals surface area contributed by atoms with Gasteiger partial charge in [0.2, 0.25) is 5.91 Å². The third kappa shape index (κ3) is 2.27. The van der Waals surface area contributed by atoms with Gasteiger partial charge in [-0.05, 0) is 29.4 Å². The van der Waals surface area contributed by atoms with Crippen molar-refractivity contribution in [2.75, 3.05) is 6.54 Å². The molecule has 2 heterocycles. The lowest BCUT2D eigenvalue weighted by Crippen LogP contribution is -2.52. The van der Waals surface area contributed by atoms with Crippen LogP contribution in [0.4, 0.5) is 0 Å². The van der Waals surface area contributed by atoms with Crippen molar-refractivity contribution in [2.45, 2.75) is 32.4 Å². The van der Waals surface area contributed by atoms with Gasteiger partial charge in [0.05, 0.1) is 6.04 Å². The Hall–Kier alpha value is -1.95. The van der Waals surface area contributed by atoms with Gasteiger partial charge >= 0.3 is 5.97 Å². The molecule has 0 aromatic carbocycles. The number of likely N-dealkylation sites (tertiary alicyclic amines) is 1. The molecule has 1 unspecified atom stereocenters. The highest BCUT2D eigenvalue weighted by Crippen LogP contribution is 2.64. The maximum atomic E-state index is 12.6. The first-order valence-electron chi connectivity index (χ1n) is 7.52. The van der Waals surface area contributed by atoms with Gasteiger partial charge in [-0.1, -0.05) is 19.9 Å². The van der Waals surface area contributed by atoms with Crippen LogP contribution >= 0.6 is 0 Å². The molecule has 1 saturated carbocycles. The van der Waals surface area contributed by atoms with E-state index in [1.807, 2.05) is 6.07 Å². The summed E-state index contributed by atoms with van der Waals surface area (Å²) in [5, 5.41) is 9.49. The van der Waals surface area contributed by atoms with E-state index in [0.717, 1.165) is 5.56 Å². The molecule has 1 aromatic rings. The molecule has 6 heteroatoms. The number of nitrogens with zero attached hydrogens (tertiary/aromatic N) is 2. The fraction of sp³-hybridized carbons (Fsp3) is 0.562.